The predicted octanol–water partition coefficient (Wildman–Crippen LogP) is 3.70. The van der Waals surface area contributed by atoms with Crippen LogP contribution < -0.4 is 10.2 Å². The van der Waals surface area contributed by atoms with E-state index in [9.17, 15) is 9.59 Å². The van der Waals surface area contributed by atoms with Crippen molar-refractivity contribution in [1.82, 2.24) is 5.32 Å². The number of nitrogens with one attached hydrogen (secondary N) is 1. The van der Waals surface area contributed by atoms with Crippen molar-refractivity contribution in [2.75, 3.05) is 18.5 Å². The first-order valence-corrected chi connectivity index (χ1v) is 9.62. The zero-order valence-electron chi connectivity index (χ0n) is 16.4. The van der Waals surface area contributed by atoms with E-state index in [1.807, 2.05) is 54.6 Å². The van der Waals surface area contributed by atoms with Crippen molar-refractivity contribution < 1.29 is 9.59 Å². The Morgan fingerprint density at radius 2 is 1.74 bits per heavy atom. The number of amides is 2. The van der Waals surface area contributed by atoms with Gasteiger partial charge in [0.25, 0.3) is 0 Å². The van der Waals surface area contributed by atoms with Crippen LogP contribution in [0.15, 0.2) is 54.6 Å². The zero-order chi connectivity index (χ0) is 19.4. The minimum absolute atomic E-state index is 0.00781. The van der Waals surface area contributed by atoms with Crippen molar-refractivity contribution in [3.63, 3.8) is 0 Å². The summed E-state index contributed by atoms with van der Waals surface area (Å²) < 4.78 is 0. The maximum absolute atomic E-state index is 13.4. The van der Waals surface area contributed by atoms with Crippen LogP contribution in [0.25, 0.3) is 0 Å². The molecule has 0 saturated carbocycles. The molecule has 0 saturated heterocycles. The van der Waals surface area contributed by atoms with Crippen LogP contribution in [0, 0.1) is 5.92 Å². The molecule has 0 aromatic heterocycles. The molecule has 1 atom stereocenters. The topological polar surface area (TPSA) is 49.4 Å². The molecule has 27 heavy (non-hydrogen) atoms. The lowest BCUT2D eigenvalue weighted by Crippen LogP contribution is -2.44. The maximum atomic E-state index is 13.4. The number of fused-ring (bicyclic) bond motifs is 1. The fraction of sp³-hybridized carbons (Fsp3) is 0.391. The summed E-state index contributed by atoms with van der Waals surface area (Å²) in [5, 5.41) is 3.01. The Morgan fingerprint density at radius 3 is 2.44 bits per heavy atom. The summed E-state index contributed by atoms with van der Waals surface area (Å²) in [6.45, 7) is 4.91. The van der Waals surface area contributed by atoms with E-state index in [-0.39, 0.29) is 18.2 Å². The molecule has 3 rings (SSSR count). The van der Waals surface area contributed by atoms with Gasteiger partial charge in [0.2, 0.25) is 11.8 Å². The highest BCUT2D eigenvalue weighted by Gasteiger charge is 2.50. The minimum Gasteiger partial charge on any atom is -0.356 e. The standard InChI is InChI=1S/C23H28N2O2/c1-17(2)13-14-24-21(26)16-23(15-18-9-5-4-6-10-18)19-11-7-8-12-20(19)25(3)22(23)27/h4-12,17H,13-16H2,1-3H3,(H,24,26). The Balaban J connectivity index is 1.93. The van der Waals surface area contributed by atoms with Crippen molar-refractivity contribution in [2.24, 2.45) is 5.92 Å². The van der Waals surface area contributed by atoms with Crippen LogP contribution in [-0.2, 0) is 21.4 Å². The van der Waals surface area contributed by atoms with E-state index in [2.05, 4.69) is 19.2 Å². The molecular weight excluding hydrogens is 336 g/mol. The zero-order valence-corrected chi connectivity index (χ0v) is 16.4. The SMILES string of the molecule is CC(C)CCNC(=O)CC1(Cc2ccccc2)C(=O)N(C)c2ccccc21. The van der Waals surface area contributed by atoms with Gasteiger partial charge in [0.05, 0.1) is 5.41 Å². The summed E-state index contributed by atoms with van der Waals surface area (Å²) in [7, 11) is 1.80. The summed E-state index contributed by atoms with van der Waals surface area (Å²) >= 11 is 0. The van der Waals surface area contributed by atoms with E-state index in [0.29, 0.717) is 18.9 Å². The van der Waals surface area contributed by atoms with Crippen LogP contribution in [-0.4, -0.2) is 25.4 Å². The van der Waals surface area contributed by atoms with Gasteiger partial charge in [-0.2, -0.15) is 0 Å². The van der Waals surface area contributed by atoms with Gasteiger partial charge in [-0.05, 0) is 36.0 Å². The first-order chi connectivity index (χ1) is 12.9. The Kier molecular flexibility index (Phi) is 5.64. The van der Waals surface area contributed by atoms with Gasteiger partial charge in [-0.15, -0.1) is 0 Å². The number of hydrogen-bond donors (Lipinski definition) is 1. The monoisotopic (exact) mass is 364 g/mol. The van der Waals surface area contributed by atoms with Crippen molar-refractivity contribution in [1.29, 1.82) is 0 Å². The molecule has 0 radical (unpaired) electrons. The van der Waals surface area contributed by atoms with Crippen molar-refractivity contribution >= 4 is 17.5 Å². The fourth-order valence-corrected chi connectivity index (χ4v) is 3.90. The Hall–Kier alpha value is -2.62. The van der Waals surface area contributed by atoms with Crippen LogP contribution >= 0.6 is 0 Å². The fourth-order valence-electron chi connectivity index (χ4n) is 3.90. The van der Waals surface area contributed by atoms with Gasteiger partial charge in [-0.3, -0.25) is 9.59 Å². The van der Waals surface area contributed by atoms with E-state index in [0.717, 1.165) is 23.2 Å². The van der Waals surface area contributed by atoms with Gasteiger partial charge in [0, 0.05) is 25.7 Å². The third-order valence-electron chi connectivity index (χ3n) is 5.35. The Morgan fingerprint density at radius 1 is 1.07 bits per heavy atom. The molecule has 2 aromatic rings. The van der Waals surface area contributed by atoms with E-state index >= 15 is 0 Å². The van der Waals surface area contributed by atoms with E-state index < -0.39 is 5.41 Å². The number of likely N-dealkylation sites (N-methyl/N-ethyl adjacent to an activating group) is 1. The third kappa shape index (κ3) is 3.90. The van der Waals surface area contributed by atoms with Gasteiger partial charge < -0.3 is 10.2 Å². The predicted molar refractivity (Wildman–Crippen MR) is 109 cm³/mol. The second kappa shape index (κ2) is 7.95. The molecular formula is C23H28N2O2. The molecule has 0 fully saturated rings. The molecule has 2 amide bonds. The van der Waals surface area contributed by atoms with Crippen LogP contribution in [0.3, 0.4) is 0 Å². The summed E-state index contributed by atoms with van der Waals surface area (Å²) in [5.41, 5.74) is 2.05. The van der Waals surface area contributed by atoms with E-state index in [1.54, 1.807) is 11.9 Å². The van der Waals surface area contributed by atoms with Crippen LogP contribution in [0.5, 0.6) is 0 Å². The maximum Gasteiger partial charge on any atom is 0.238 e. The van der Waals surface area contributed by atoms with Gasteiger partial charge in [-0.1, -0.05) is 62.4 Å². The largest absolute Gasteiger partial charge is 0.356 e. The lowest BCUT2D eigenvalue weighted by molar-refractivity contribution is -0.129. The molecule has 2 aromatic carbocycles. The lowest BCUT2D eigenvalue weighted by atomic mass is 9.73. The number of hydrogen-bond acceptors (Lipinski definition) is 2. The lowest BCUT2D eigenvalue weighted by Gasteiger charge is -2.28. The van der Waals surface area contributed by atoms with Crippen molar-refractivity contribution in [3.05, 3.63) is 65.7 Å². The summed E-state index contributed by atoms with van der Waals surface area (Å²) in [5.74, 6) is 0.458. The van der Waals surface area contributed by atoms with Crippen LogP contribution in [0.1, 0.15) is 37.8 Å². The number of anilines is 1. The molecule has 1 N–H and O–H groups in total. The number of carbonyl (C=O) groups is 2. The third-order valence-corrected chi connectivity index (χ3v) is 5.35. The summed E-state index contributed by atoms with van der Waals surface area (Å²) in [4.78, 5) is 27.8. The first kappa shape index (κ1) is 19.2. The van der Waals surface area contributed by atoms with Gasteiger partial charge >= 0.3 is 0 Å². The smallest absolute Gasteiger partial charge is 0.238 e. The average molecular weight is 364 g/mol. The highest BCUT2D eigenvalue weighted by atomic mass is 16.2. The molecule has 4 nitrogen and oxygen atoms in total. The number of para-hydroxylation sites is 1. The van der Waals surface area contributed by atoms with Crippen LogP contribution in [0.2, 0.25) is 0 Å². The molecule has 0 spiro atoms. The highest BCUT2D eigenvalue weighted by Crippen LogP contribution is 2.45. The second-order valence-electron chi connectivity index (χ2n) is 7.84. The normalized spacial score (nSPS) is 18.7. The molecule has 1 aliphatic rings. The van der Waals surface area contributed by atoms with Gasteiger partial charge in [0.15, 0.2) is 0 Å². The quantitative estimate of drug-likeness (QED) is 0.814. The van der Waals surface area contributed by atoms with Gasteiger partial charge in [-0.25, -0.2) is 0 Å². The molecule has 142 valence electrons. The molecule has 1 unspecified atom stereocenters. The first-order valence-electron chi connectivity index (χ1n) is 9.62. The Labute approximate surface area is 161 Å². The number of carbonyl (C=O) groups excluding carboxylic acids is 2. The number of benzene rings is 2. The summed E-state index contributed by atoms with van der Waals surface area (Å²) in [6, 6.07) is 17.8. The van der Waals surface area contributed by atoms with Crippen molar-refractivity contribution in [3.8, 4) is 0 Å². The van der Waals surface area contributed by atoms with E-state index in [4.69, 9.17) is 0 Å². The van der Waals surface area contributed by atoms with Crippen molar-refractivity contribution in [2.45, 2.75) is 38.5 Å². The second-order valence-corrected chi connectivity index (χ2v) is 7.84. The summed E-state index contributed by atoms with van der Waals surface area (Å²) in [6.07, 6.45) is 1.62. The van der Waals surface area contributed by atoms with Gasteiger partial charge in [0.1, 0.15) is 0 Å². The Bertz CT molecular complexity index is 816. The minimum atomic E-state index is -0.853. The molecule has 4 heteroatoms. The molecule has 1 heterocycles. The van der Waals surface area contributed by atoms with Crippen LogP contribution in [0.4, 0.5) is 5.69 Å². The molecule has 1 aliphatic heterocycles. The molecule has 0 aliphatic carbocycles. The number of rotatable bonds is 7. The number of nitrogens with zero attached hydrogens (tertiary/aromatic N) is 1. The highest BCUT2D eigenvalue weighted by molar-refractivity contribution is 6.09. The van der Waals surface area contributed by atoms with E-state index in [1.165, 1.54) is 0 Å². The average Bonchev–Trinajstić information content (AvgIpc) is 2.85. The molecule has 0 bridgehead atoms.